The number of nitrogens with zero attached hydrogens (tertiary/aromatic N) is 1. The van der Waals surface area contributed by atoms with Crippen molar-refractivity contribution in [2.24, 2.45) is 5.41 Å². The van der Waals surface area contributed by atoms with Crippen molar-refractivity contribution in [2.45, 2.75) is 71.2 Å². The fourth-order valence-electron chi connectivity index (χ4n) is 3.91. The molecule has 156 valence electrons. The maximum absolute atomic E-state index is 11.3. The van der Waals surface area contributed by atoms with Gasteiger partial charge in [-0.3, -0.25) is 4.79 Å². The van der Waals surface area contributed by atoms with E-state index in [0.29, 0.717) is 19.1 Å². The first-order chi connectivity index (χ1) is 13.9. The largest absolute Gasteiger partial charge is 0.481 e. The molecule has 0 bridgehead atoms. The predicted molar refractivity (Wildman–Crippen MR) is 108 cm³/mol. The average Bonchev–Trinajstić information content (AvgIpc) is 3.42. The fourth-order valence-corrected chi connectivity index (χ4v) is 3.91. The second-order valence-corrected chi connectivity index (χ2v) is 8.51. The first kappa shape index (κ1) is 20.1. The normalized spacial score (nSPS) is 23.1. The van der Waals surface area contributed by atoms with Gasteiger partial charge in [0.25, 0.3) is 0 Å². The van der Waals surface area contributed by atoms with Gasteiger partial charge in [0.2, 0.25) is 5.89 Å². The molecule has 6 nitrogen and oxygen atoms in total. The number of aromatic nitrogens is 1. The van der Waals surface area contributed by atoms with Crippen molar-refractivity contribution in [3.05, 3.63) is 41.3 Å². The molecule has 0 radical (unpaired) electrons. The lowest BCUT2D eigenvalue weighted by Gasteiger charge is -2.29. The molecule has 2 saturated carbocycles. The summed E-state index contributed by atoms with van der Waals surface area (Å²) in [4.78, 5) is 15.9. The van der Waals surface area contributed by atoms with Crippen LogP contribution < -0.4 is 0 Å². The van der Waals surface area contributed by atoms with E-state index < -0.39 is 11.4 Å². The lowest BCUT2D eigenvalue weighted by molar-refractivity contribution is -0.147. The van der Waals surface area contributed by atoms with E-state index in [1.807, 2.05) is 32.0 Å². The smallest absolute Gasteiger partial charge is 0.311 e. The van der Waals surface area contributed by atoms with Gasteiger partial charge < -0.3 is 19.0 Å². The minimum Gasteiger partial charge on any atom is -0.481 e. The van der Waals surface area contributed by atoms with Crippen LogP contribution in [0.1, 0.15) is 55.5 Å². The number of hydrogen-bond donors (Lipinski definition) is 1. The maximum atomic E-state index is 11.3. The number of benzene rings is 1. The highest BCUT2D eigenvalue weighted by atomic mass is 16.5. The summed E-state index contributed by atoms with van der Waals surface area (Å²) >= 11 is 0. The number of ether oxygens (including phenoxy) is 2. The van der Waals surface area contributed by atoms with E-state index in [2.05, 4.69) is 11.1 Å². The van der Waals surface area contributed by atoms with Crippen LogP contribution in [0.5, 0.6) is 0 Å². The van der Waals surface area contributed by atoms with Gasteiger partial charge >= 0.3 is 5.97 Å². The van der Waals surface area contributed by atoms with Crippen LogP contribution in [0.4, 0.5) is 0 Å². The van der Waals surface area contributed by atoms with E-state index >= 15 is 0 Å². The van der Waals surface area contributed by atoms with Crippen LogP contribution in [-0.2, 0) is 20.9 Å². The minimum atomic E-state index is -0.730. The molecule has 2 aliphatic carbocycles. The third kappa shape index (κ3) is 4.70. The van der Waals surface area contributed by atoms with Crippen LogP contribution in [0.2, 0.25) is 0 Å². The van der Waals surface area contributed by atoms with Crippen molar-refractivity contribution in [1.82, 2.24) is 4.98 Å². The maximum Gasteiger partial charge on any atom is 0.311 e. The Kier molecular flexibility index (Phi) is 5.74. The first-order valence-electron chi connectivity index (χ1n) is 10.5. The monoisotopic (exact) mass is 399 g/mol. The summed E-state index contributed by atoms with van der Waals surface area (Å²) in [6.45, 7) is 4.70. The average molecular weight is 399 g/mol. The van der Waals surface area contributed by atoms with Gasteiger partial charge in [0.1, 0.15) is 11.5 Å². The number of aryl methyl sites for hydroxylation is 2. The van der Waals surface area contributed by atoms with Gasteiger partial charge in [-0.25, -0.2) is 4.98 Å². The molecule has 2 atom stereocenters. The molecule has 2 aliphatic rings. The highest BCUT2D eigenvalue weighted by Gasteiger charge is 2.51. The lowest BCUT2D eigenvalue weighted by atomic mass is 9.94. The Bertz CT molecular complexity index is 870. The lowest BCUT2D eigenvalue weighted by Crippen LogP contribution is -2.31. The quantitative estimate of drug-likeness (QED) is 0.695. The molecule has 1 aromatic carbocycles. The first-order valence-corrected chi connectivity index (χ1v) is 10.5. The third-order valence-electron chi connectivity index (χ3n) is 6.09. The van der Waals surface area contributed by atoms with Crippen LogP contribution >= 0.6 is 0 Å². The number of oxazole rings is 1. The van der Waals surface area contributed by atoms with E-state index in [9.17, 15) is 9.90 Å². The van der Waals surface area contributed by atoms with Crippen LogP contribution in [0.25, 0.3) is 11.5 Å². The summed E-state index contributed by atoms with van der Waals surface area (Å²) in [5.41, 5.74) is 2.34. The van der Waals surface area contributed by atoms with Crippen LogP contribution in [-0.4, -0.2) is 34.9 Å². The van der Waals surface area contributed by atoms with Gasteiger partial charge in [-0.05, 0) is 64.5 Å². The van der Waals surface area contributed by atoms with Crippen LogP contribution in [0.15, 0.2) is 28.7 Å². The summed E-state index contributed by atoms with van der Waals surface area (Å²) in [7, 11) is 0. The molecule has 0 saturated heterocycles. The van der Waals surface area contributed by atoms with Crippen molar-refractivity contribution in [1.29, 1.82) is 0 Å². The molecule has 1 aromatic heterocycles. The van der Waals surface area contributed by atoms with E-state index in [0.717, 1.165) is 55.5 Å². The number of rotatable bonds is 8. The molecule has 29 heavy (non-hydrogen) atoms. The topological polar surface area (TPSA) is 81.8 Å². The molecule has 2 fully saturated rings. The Hall–Kier alpha value is -2.18. The van der Waals surface area contributed by atoms with Crippen molar-refractivity contribution >= 4 is 5.97 Å². The second-order valence-electron chi connectivity index (χ2n) is 8.51. The summed E-state index contributed by atoms with van der Waals surface area (Å²) in [6, 6.07) is 8.10. The summed E-state index contributed by atoms with van der Waals surface area (Å²) in [6.07, 6.45) is 5.42. The zero-order valence-corrected chi connectivity index (χ0v) is 17.1. The fraction of sp³-hybridized carbons (Fsp3) is 0.565. The number of carbonyl (C=O) groups is 1. The molecule has 0 spiro atoms. The molecule has 6 heteroatoms. The molecule has 0 amide bonds. The molecule has 1 heterocycles. The predicted octanol–water partition coefficient (Wildman–Crippen LogP) is 4.67. The van der Waals surface area contributed by atoms with Crippen LogP contribution in [0.3, 0.4) is 0 Å². The third-order valence-corrected chi connectivity index (χ3v) is 6.09. The number of hydrogen-bond acceptors (Lipinski definition) is 5. The zero-order valence-electron chi connectivity index (χ0n) is 17.1. The molecule has 0 unspecified atom stereocenters. The number of carboxylic acid groups (broad SMARTS) is 1. The minimum absolute atomic E-state index is 0.0758. The highest BCUT2D eigenvalue weighted by Crippen LogP contribution is 2.46. The Morgan fingerprint density at radius 2 is 2.00 bits per heavy atom. The van der Waals surface area contributed by atoms with E-state index in [1.54, 1.807) is 0 Å². The molecule has 2 aromatic rings. The Labute approximate surface area is 171 Å². The Morgan fingerprint density at radius 1 is 1.24 bits per heavy atom. The van der Waals surface area contributed by atoms with Crippen molar-refractivity contribution < 1.29 is 23.8 Å². The number of aliphatic carboxylic acids is 1. The van der Waals surface area contributed by atoms with Crippen molar-refractivity contribution in [3.8, 4) is 11.5 Å². The second kappa shape index (κ2) is 8.28. The Morgan fingerprint density at radius 3 is 2.69 bits per heavy atom. The number of carboxylic acids is 1. The van der Waals surface area contributed by atoms with E-state index in [1.165, 1.54) is 5.56 Å². The van der Waals surface area contributed by atoms with Gasteiger partial charge in [0.05, 0.1) is 30.8 Å². The van der Waals surface area contributed by atoms with Gasteiger partial charge in [-0.2, -0.15) is 0 Å². The van der Waals surface area contributed by atoms with Crippen molar-refractivity contribution in [3.63, 3.8) is 0 Å². The SMILES string of the molecule is Cc1cccc(-c2nc(CO[C@H]3CCC[C@@H](OCC4(C(=O)O)CC4)C3)c(C)o2)c1. The Balaban J connectivity index is 1.30. The summed E-state index contributed by atoms with van der Waals surface area (Å²) in [5, 5.41) is 9.30. The van der Waals surface area contributed by atoms with Gasteiger partial charge in [0.15, 0.2) is 0 Å². The molecule has 1 N–H and O–H groups in total. The molecule has 0 aliphatic heterocycles. The summed E-state index contributed by atoms with van der Waals surface area (Å²) in [5.74, 6) is 0.673. The van der Waals surface area contributed by atoms with Gasteiger partial charge in [-0.15, -0.1) is 0 Å². The molecule has 4 rings (SSSR count). The molecular weight excluding hydrogens is 370 g/mol. The zero-order chi connectivity index (χ0) is 20.4. The van der Waals surface area contributed by atoms with Gasteiger partial charge in [-0.1, -0.05) is 17.7 Å². The standard InChI is InChI=1S/C23H29NO5/c1-15-5-3-6-17(11-15)21-24-20(16(2)29-21)13-27-18-7-4-8-19(12-18)28-14-23(9-10-23)22(25)26/h3,5-6,11,18-19H,4,7-10,12-14H2,1-2H3,(H,25,26)/t18-,19+/m0/s1. The van der Waals surface area contributed by atoms with Crippen LogP contribution in [0, 0.1) is 19.3 Å². The van der Waals surface area contributed by atoms with Gasteiger partial charge in [0, 0.05) is 5.56 Å². The van der Waals surface area contributed by atoms with Crippen molar-refractivity contribution in [2.75, 3.05) is 6.61 Å². The van der Waals surface area contributed by atoms with E-state index in [4.69, 9.17) is 13.9 Å². The summed E-state index contributed by atoms with van der Waals surface area (Å²) < 4.78 is 17.9. The molecular formula is C23H29NO5. The van der Waals surface area contributed by atoms with E-state index in [-0.39, 0.29) is 12.2 Å². The highest BCUT2D eigenvalue weighted by molar-refractivity contribution is 5.77.